The summed E-state index contributed by atoms with van der Waals surface area (Å²) < 4.78 is 5.45. The molecule has 1 saturated carbocycles. The Balaban J connectivity index is 1.78. The summed E-state index contributed by atoms with van der Waals surface area (Å²) in [6.45, 7) is 1.53. The highest BCUT2D eigenvalue weighted by molar-refractivity contribution is 6.21. The van der Waals surface area contributed by atoms with Crippen LogP contribution in [0.25, 0.3) is 0 Å². The van der Waals surface area contributed by atoms with E-state index in [-0.39, 0.29) is 5.38 Å². The molecule has 1 aromatic rings. The van der Waals surface area contributed by atoms with E-state index in [0.717, 1.165) is 13.2 Å². The van der Waals surface area contributed by atoms with Gasteiger partial charge >= 0.3 is 0 Å². The number of rotatable bonds is 2. The third kappa shape index (κ3) is 2.36. The zero-order valence-corrected chi connectivity index (χ0v) is 10.9. The summed E-state index contributed by atoms with van der Waals surface area (Å²) in [5.74, 6) is 0.672. The van der Waals surface area contributed by atoms with Crippen molar-refractivity contribution in [2.75, 3.05) is 0 Å². The molecule has 3 rings (SSSR count). The lowest BCUT2D eigenvalue weighted by atomic mass is 9.84. The molecule has 1 aromatic carbocycles. The van der Waals surface area contributed by atoms with E-state index in [2.05, 4.69) is 18.2 Å². The average molecular weight is 251 g/mol. The molecular weight excluding hydrogens is 232 g/mol. The number of hydrogen-bond donors (Lipinski definition) is 0. The number of benzene rings is 1. The molecule has 0 saturated heterocycles. The summed E-state index contributed by atoms with van der Waals surface area (Å²) in [6, 6.07) is 6.64. The fourth-order valence-corrected chi connectivity index (χ4v) is 3.45. The van der Waals surface area contributed by atoms with Crippen LogP contribution in [0, 0.1) is 5.92 Å². The summed E-state index contributed by atoms with van der Waals surface area (Å²) >= 11 is 6.65. The van der Waals surface area contributed by atoms with Crippen LogP contribution in [0.2, 0.25) is 0 Å². The van der Waals surface area contributed by atoms with Crippen LogP contribution in [0.4, 0.5) is 0 Å². The van der Waals surface area contributed by atoms with Crippen molar-refractivity contribution in [2.24, 2.45) is 5.92 Å². The SMILES string of the molecule is ClC(c1ccc2c(c1)COC2)C1CCCCC1. The van der Waals surface area contributed by atoms with E-state index in [1.54, 1.807) is 0 Å². The van der Waals surface area contributed by atoms with E-state index < -0.39 is 0 Å². The predicted molar refractivity (Wildman–Crippen MR) is 70.1 cm³/mol. The van der Waals surface area contributed by atoms with Gasteiger partial charge in [-0.25, -0.2) is 0 Å². The molecule has 1 aliphatic carbocycles. The number of hydrogen-bond acceptors (Lipinski definition) is 1. The van der Waals surface area contributed by atoms with Gasteiger partial charge in [0.25, 0.3) is 0 Å². The summed E-state index contributed by atoms with van der Waals surface area (Å²) in [4.78, 5) is 0. The Kier molecular flexibility index (Phi) is 3.39. The van der Waals surface area contributed by atoms with Gasteiger partial charge in [0.1, 0.15) is 0 Å². The first-order valence-electron chi connectivity index (χ1n) is 6.68. The first-order valence-corrected chi connectivity index (χ1v) is 7.12. The Hall–Kier alpha value is -0.530. The van der Waals surface area contributed by atoms with Crippen LogP contribution in [0.5, 0.6) is 0 Å². The highest BCUT2D eigenvalue weighted by Gasteiger charge is 2.24. The smallest absolute Gasteiger partial charge is 0.0725 e. The summed E-state index contributed by atoms with van der Waals surface area (Å²) in [6.07, 6.45) is 6.67. The minimum absolute atomic E-state index is 0.196. The van der Waals surface area contributed by atoms with Gasteiger partial charge in [-0.05, 0) is 35.4 Å². The molecule has 0 spiro atoms. The van der Waals surface area contributed by atoms with Crippen molar-refractivity contribution < 1.29 is 4.74 Å². The number of fused-ring (bicyclic) bond motifs is 1. The molecule has 1 fully saturated rings. The first-order chi connectivity index (χ1) is 8.34. The van der Waals surface area contributed by atoms with Crippen molar-refractivity contribution in [1.82, 2.24) is 0 Å². The van der Waals surface area contributed by atoms with Gasteiger partial charge in [0.15, 0.2) is 0 Å². The minimum Gasteiger partial charge on any atom is -0.372 e. The van der Waals surface area contributed by atoms with Crippen molar-refractivity contribution in [1.29, 1.82) is 0 Å². The van der Waals surface area contributed by atoms with Crippen molar-refractivity contribution in [2.45, 2.75) is 50.7 Å². The maximum atomic E-state index is 6.65. The third-order valence-electron chi connectivity index (χ3n) is 4.13. The second-order valence-electron chi connectivity index (χ2n) is 5.32. The normalized spacial score (nSPS) is 22.4. The topological polar surface area (TPSA) is 9.23 Å². The lowest BCUT2D eigenvalue weighted by molar-refractivity contribution is 0.134. The molecule has 0 radical (unpaired) electrons. The molecule has 1 atom stereocenters. The standard InChI is InChI=1S/C15H19ClO/c16-15(11-4-2-1-3-5-11)12-6-7-13-9-17-10-14(13)8-12/h6-8,11,15H,1-5,9-10H2. The number of ether oxygens (including phenoxy) is 1. The molecular formula is C15H19ClO. The van der Waals surface area contributed by atoms with Gasteiger partial charge in [0.05, 0.1) is 18.6 Å². The highest BCUT2D eigenvalue weighted by atomic mass is 35.5. The van der Waals surface area contributed by atoms with E-state index >= 15 is 0 Å². The molecule has 92 valence electrons. The van der Waals surface area contributed by atoms with Crippen LogP contribution >= 0.6 is 11.6 Å². The lowest BCUT2D eigenvalue weighted by Crippen LogP contribution is -2.12. The number of alkyl halides is 1. The van der Waals surface area contributed by atoms with Gasteiger partial charge in [-0.15, -0.1) is 11.6 Å². The lowest BCUT2D eigenvalue weighted by Gasteiger charge is -2.26. The molecule has 2 aliphatic rings. The molecule has 0 bridgehead atoms. The van der Waals surface area contributed by atoms with Gasteiger partial charge in [0.2, 0.25) is 0 Å². The fourth-order valence-electron chi connectivity index (χ4n) is 3.06. The minimum atomic E-state index is 0.196. The third-order valence-corrected chi connectivity index (χ3v) is 4.74. The monoisotopic (exact) mass is 250 g/mol. The Morgan fingerprint density at radius 1 is 1.06 bits per heavy atom. The molecule has 1 nitrogen and oxygen atoms in total. The van der Waals surface area contributed by atoms with Crippen LogP contribution in [-0.2, 0) is 18.0 Å². The summed E-state index contributed by atoms with van der Waals surface area (Å²) in [5, 5.41) is 0.196. The summed E-state index contributed by atoms with van der Waals surface area (Å²) in [7, 11) is 0. The molecule has 17 heavy (non-hydrogen) atoms. The molecule has 0 N–H and O–H groups in total. The Morgan fingerprint density at radius 2 is 1.82 bits per heavy atom. The highest BCUT2D eigenvalue weighted by Crippen LogP contribution is 2.39. The largest absolute Gasteiger partial charge is 0.372 e. The molecule has 1 unspecified atom stereocenters. The average Bonchev–Trinajstić information content (AvgIpc) is 2.86. The van der Waals surface area contributed by atoms with Gasteiger partial charge in [0, 0.05) is 0 Å². The fraction of sp³-hybridized carbons (Fsp3) is 0.600. The van der Waals surface area contributed by atoms with Gasteiger partial charge in [-0.3, -0.25) is 0 Å². The van der Waals surface area contributed by atoms with E-state index in [4.69, 9.17) is 16.3 Å². The van der Waals surface area contributed by atoms with Crippen LogP contribution in [-0.4, -0.2) is 0 Å². The van der Waals surface area contributed by atoms with Gasteiger partial charge in [-0.2, -0.15) is 0 Å². The van der Waals surface area contributed by atoms with Crippen LogP contribution in [0.15, 0.2) is 18.2 Å². The second kappa shape index (κ2) is 4.99. The molecule has 1 aliphatic heterocycles. The first kappa shape index (κ1) is 11.6. The number of halogens is 1. The van der Waals surface area contributed by atoms with Crippen LogP contribution in [0.1, 0.15) is 54.2 Å². The zero-order chi connectivity index (χ0) is 11.7. The second-order valence-corrected chi connectivity index (χ2v) is 5.79. The molecule has 0 aromatic heterocycles. The van der Waals surface area contributed by atoms with Gasteiger partial charge in [-0.1, -0.05) is 37.5 Å². The van der Waals surface area contributed by atoms with Crippen molar-refractivity contribution in [3.63, 3.8) is 0 Å². The van der Waals surface area contributed by atoms with E-state index in [9.17, 15) is 0 Å². The molecule has 0 amide bonds. The maximum absolute atomic E-state index is 6.65. The van der Waals surface area contributed by atoms with E-state index in [1.807, 2.05) is 0 Å². The predicted octanol–water partition coefficient (Wildman–Crippen LogP) is 4.58. The van der Waals surface area contributed by atoms with Gasteiger partial charge < -0.3 is 4.74 Å². The quantitative estimate of drug-likeness (QED) is 0.699. The Morgan fingerprint density at radius 3 is 2.65 bits per heavy atom. The van der Waals surface area contributed by atoms with E-state index in [0.29, 0.717) is 5.92 Å². The van der Waals surface area contributed by atoms with Crippen LogP contribution in [0.3, 0.4) is 0 Å². The van der Waals surface area contributed by atoms with E-state index in [1.165, 1.54) is 48.8 Å². The van der Waals surface area contributed by atoms with Crippen molar-refractivity contribution in [3.8, 4) is 0 Å². The molecule has 1 heterocycles. The molecule has 2 heteroatoms. The van der Waals surface area contributed by atoms with Crippen LogP contribution < -0.4 is 0 Å². The maximum Gasteiger partial charge on any atom is 0.0725 e. The Bertz CT molecular complexity index is 396. The zero-order valence-electron chi connectivity index (χ0n) is 10.1. The van der Waals surface area contributed by atoms with Crippen molar-refractivity contribution in [3.05, 3.63) is 34.9 Å². The summed E-state index contributed by atoms with van der Waals surface area (Å²) in [5.41, 5.74) is 3.97. The Labute approximate surface area is 108 Å². The van der Waals surface area contributed by atoms with Crippen molar-refractivity contribution >= 4 is 11.6 Å².